The fraction of sp³-hybridized carbons (Fsp3) is 0.211. The minimum absolute atomic E-state index is 0.0303. The first-order chi connectivity index (χ1) is 13.6. The SMILES string of the molecule is COc1ccc(C)cc1S(=O)(=O)N(C)CC(=O)NN=Cc1ccc(C(=O)O)cc1. The molecule has 0 atom stereocenters. The molecule has 2 N–H and O–H groups in total. The van der Waals surface area contributed by atoms with Crippen LogP contribution in [-0.2, 0) is 14.8 Å². The number of nitrogens with one attached hydrogen (secondary N) is 1. The molecule has 0 aliphatic heterocycles. The summed E-state index contributed by atoms with van der Waals surface area (Å²) in [6.07, 6.45) is 1.32. The number of hydrogen-bond donors (Lipinski definition) is 2. The molecule has 0 unspecified atom stereocenters. The summed E-state index contributed by atoms with van der Waals surface area (Å²) in [7, 11) is -1.30. The molecule has 10 heteroatoms. The summed E-state index contributed by atoms with van der Waals surface area (Å²) in [6.45, 7) is 1.30. The molecule has 0 saturated carbocycles. The maximum atomic E-state index is 12.8. The van der Waals surface area contributed by atoms with Gasteiger partial charge in [-0.05, 0) is 42.3 Å². The van der Waals surface area contributed by atoms with Gasteiger partial charge in [0.15, 0.2) is 0 Å². The van der Waals surface area contributed by atoms with E-state index < -0.39 is 28.4 Å². The highest BCUT2D eigenvalue weighted by molar-refractivity contribution is 7.89. The first kappa shape index (κ1) is 22.1. The van der Waals surface area contributed by atoms with E-state index in [0.717, 1.165) is 9.87 Å². The number of aromatic carboxylic acids is 1. The Balaban J connectivity index is 2.02. The molecule has 0 bridgehead atoms. The van der Waals surface area contributed by atoms with Gasteiger partial charge in [0.05, 0.1) is 25.4 Å². The van der Waals surface area contributed by atoms with E-state index in [1.807, 2.05) is 0 Å². The van der Waals surface area contributed by atoms with E-state index in [-0.39, 0.29) is 16.2 Å². The number of rotatable bonds is 8. The highest BCUT2D eigenvalue weighted by atomic mass is 32.2. The molecule has 0 aliphatic rings. The van der Waals surface area contributed by atoms with Crippen LogP contribution in [0.3, 0.4) is 0 Å². The second-order valence-electron chi connectivity index (χ2n) is 6.14. The topological polar surface area (TPSA) is 125 Å². The molecule has 29 heavy (non-hydrogen) atoms. The van der Waals surface area contributed by atoms with Crippen LogP contribution < -0.4 is 10.2 Å². The molecule has 0 radical (unpaired) electrons. The van der Waals surface area contributed by atoms with Crippen LogP contribution in [0.25, 0.3) is 0 Å². The number of likely N-dealkylation sites (N-methyl/N-ethyl adjacent to an activating group) is 1. The summed E-state index contributed by atoms with van der Waals surface area (Å²) in [5, 5.41) is 12.6. The summed E-state index contributed by atoms with van der Waals surface area (Å²) < 4.78 is 31.5. The average Bonchev–Trinajstić information content (AvgIpc) is 2.68. The number of benzene rings is 2. The molecule has 9 nitrogen and oxygen atoms in total. The van der Waals surface area contributed by atoms with E-state index in [4.69, 9.17) is 9.84 Å². The number of sulfonamides is 1. The van der Waals surface area contributed by atoms with Crippen molar-refractivity contribution in [3.05, 3.63) is 59.2 Å². The number of aryl methyl sites for hydroxylation is 1. The van der Waals surface area contributed by atoms with Gasteiger partial charge in [0, 0.05) is 7.05 Å². The number of carbonyl (C=O) groups excluding carboxylic acids is 1. The Morgan fingerprint density at radius 1 is 1.21 bits per heavy atom. The quantitative estimate of drug-likeness (QED) is 0.493. The number of hydrogen-bond acceptors (Lipinski definition) is 6. The van der Waals surface area contributed by atoms with Crippen LogP contribution >= 0.6 is 0 Å². The molecule has 0 aromatic heterocycles. The van der Waals surface area contributed by atoms with E-state index in [9.17, 15) is 18.0 Å². The molecule has 0 aliphatic carbocycles. The van der Waals surface area contributed by atoms with Crippen LogP contribution in [0.2, 0.25) is 0 Å². The number of ether oxygens (including phenoxy) is 1. The zero-order valence-corrected chi connectivity index (χ0v) is 16.9. The smallest absolute Gasteiger partial charge is 0.335 e. The van der Waals surface area contributed by atoms with Crippen molar-refractivity contribution in [1.82, 2.24) is 9.73 Å². The van der Waals surface area contributed by atoms with E-state index in [1.54, 1.807) is 19.1 Å². The summed E-state index contributed by atoms with van der Waals surface area (Å²) in [4.78, 5) is 22.8. The Labute approximate surface area is 168 Å². The lowest BCUT2D eigenvalue weighted by atomic mass is 10.1. The van der Waals surface area contributed by atoms with Crippen molar-refractivity contribution in [3.63, 3.8) is 0 Å². The molecular formula is C19H21N3O6S. The highest BCUT2D eigenvalue weighted by Gasteiger charge is 2.26. The van der Waals surface area contributed by atoms with Gasteiger partial charge in [-0.1, -0.05) is 18.2 Å². The normalized spacial score (nSPS) is 11.6. The third-order valence-corrected chi connectivity index (χ3v) is 5.76. The number of hydrazone groups is 1. The predicted octanol–water partition coefficient (Wildman–Crippen LogP) is 1.47. The van der Waals surface area contributed by atoms with Crippen LogP contribution in [0.15, 0.2) is 52.5 Å². The number of carboxylic acids is 1. The Morgan fingerprint density at radius 2 is 1.86 bits per heavy atom. The maximum absolute atomic E-state index is 12.8. The molecule has 0 spiro atoms. The number of amides is 1. The van der Waals surface area contributed by atoms with Crippen molar-refractivity contribution in [2.45, 2.75) is 11.8 Å². The standard InChI is InChI=1S/C19H21N3O6S/c1-13-4-9-16(28-3)17(10-13)29(26,27)22(2)12-18(23)21-20-11-14-5-7-15(8-6-14)19(24)25/h4-11H,12H2,1-3H3,(H,21,23)(H,24,25). The number of carboxylic acid groups (broad SMARTS) is 1. The van der Waals surface area contributed by atoms with Crippen molar-refractivity contribution in [1.29, 1.82) is 0 Å². The minimum atomic E-state index is -3.95. The van der Waals surface area contributed by atoms with Crippen LogP contribution in [0.1, 0.15) is 21.5 Å². The first-order valence-corrected chi connectivity index (χ1v) is 9.85. The molecule has 154 valence electrons. The van der Waals surface area contributed by atoms with Gasteiger partial charge < -0.3 is 9.84 Å². The second-order valence-corrected chi connectivity index (χ2v) is 8.15. The van der Waals surface area contributed by atoms with Crippen LogP contribution in [0, 0.1) is 6.92 Å². The lowest BCUT2D eigenvalue weighted by molar-refractivity contribution is -0.121. The highest BCUT2D eigenvalue weighted by Crippen LogP contribution is 2.27. The van der Waals surface area contributed by atoms with Gasteiger partial charge >= 0.3 is 5.97 Å². The molecule has 1 amide bonds. The third-order valence-electron chi connectivity index (χ3n) is 3.93. The third kappa shape index (κ3) is 5.62. The van der Waals surface area contributed by atoms with Gasteiger partial charge in [0.2, 0.25) is 10.0 Å². The fourth-order valence-electron chi connectivity index (χ4n) is 2.37. The molecule has 0 fully saturated rings. The summed E-state index contributed by atoms with van der Waals surface area (Å²) in [5.41, 5.74) is 3.68. The first-order valence-electron chi connectivity index (χ1n) is 8.41. The van der Waals surface area contributed by atoms with Crippen LogP contribution in [-0.4, -0.2) is 56.6 Å². The van der Waals surface area contributed by atoms with Crippen molar-refractivity contribution in [2.75, 3.05) is 20.7 Å². The largest absolute Gasteiger partial charge is 0.495 e. The minimum Gasteiger partial charge on any atom is -0.495 e. The van der Waals surface area contributed by atoms with Crippen LogP contribution in [0.5, 0.6) is 5.75 Å². The molecule has 2 rings (SSSR count). The van der Waals surface area contributed by atoms with E-state index in [1.165, 1.54) is 50.7 Å². The van der Waals surface area contributed by atoms with Crippen molar-refractivity contribution >= 4 is 28.1 Å². The van der Waals surface area contributed by atoms with Gasteiger partial charge in [-0.15, -0.1) is 0 Å². The summed E-state index contributed by atoms with van der Waals surface area (Å²) in [5.74, 6) is -1.50. The monoisotopic (exact) mass is 419 g/mol. The number of carbonyl (C=O) groups is 2. The Kier molecular flexibility index (Phi) is 7.08. The zero-order valence-electron chi connectivity index (χ0n) is 16.1. The number of methoxy groups -OCH3 is 1. The molecule has 2 aromatic rings. The Morgan fingerprint density at radius 3 is 2.45 bits per heavy atom. The fourth-order valence-corrected chi connectivity index (χ4v) is 3.73. The van der Waals surface area contributed by atoms with Gasteiger partial charge in [-0.2, -0.15) is 9.41 Å². The predicted molar refractivity (Wildman–Crippen MR) is 107 cm³/mol. The van der Waals surface area contributed by atoms with Crippen molar-refractivity contribution in [2.24, 2.45) is 5.10 Å². The Hall–Kier alpha value is -3.24. The summed E-state index contributed by atoms with van der Waals surface area (Å²) in [6, 6.07) is 10.6. The lowest BCUT2D eigenvalue weighted by Crippen LogP contribution is -2.36. The zero-order chi connectivity index (χ0) is 21.6. The molecule has 2 aromatic carbocycles. The van der Waals surface area contributed by atoms with E-state index >= 15 is 0 Å². The lowest BCUT2D eigenvalue weighted by Gasteiger charge is -2.18. The Bertz CT molecular complexity index is 1030. The van der Waals surface area contributed by atoms with Gasteiger partial charge in [-0.3, -0.25) is 4.79 Å². The molecular weight excluding hydrogens is 398 g/mol. The van der Waals surface area contributed by atoms with Crippen molar-refractivity contribution < 1.29 is 27.9 Å². The second kappa shape index (κ2) is 9.30. The molecule has 0 heterocycles. The number of nitrogens with zero attached hydrogens (tertiary/aromatic N) is 2. The van der Waals surface area contributed by atoms with Gasteiger partial charge in [0.25, 0.3) is 5.91 Å². The van der Waals surface area contributed by atoms with Crippen molar-refractivity contribution in [3.8, 4) is 5.75 Å². The molecule has 0 saturated heterocycles. The van der Waals surface area contributed by atoms with Crippen LogP contribution in [0.4, 0.5) is 0 Å². The van der Waals surface area contributed by atoms with Gasteiger partial charge in [0.1, 0.15) is 10.6 Å². The van der Waals surface area contributed by atoms with E-state index in [2.05, 4.69) is 10.5 Å². The average molecular weight is 419 g/mol. The van der Waals surface area contributed by atoms with E-state index in [0.29, 0.717) is 5.56 Å². The van der Waals surface area contributed by atoms with Gasteiger partial charge in [-0.25, -0.2) is 18.6 Å². The maximum Gasteiger partial charge on any atom is 0.335 e. The summed E-state index contributed by atoms with van der Waals surface area (Å²) >= 11 is 0.